The quantitative estimate of drug-likeness (QED) is 0.732. The highest BCUT2D eigenvalue weighted by Gasteiger charge is 2.35. The summed E-state index contributed by atoms with van der Waals surface area (Å²) in [5.74, 6) is 0. The summed E-state index contributed by atoms with van der Waals surface area (Å²) >= 11 is 0. The molecule has 0 spiro atoms. The first-order valence-electron chi connectivity index (χ1n) is 10.7. The molecule has 1 saturated heterocycles. The molecule has 2 N–H and O–H groups in total. The molecule has 3 unspecified atom stereocenters. The lowest BCUT2D eigenvalue weighted by atomic mass is 10.0. The molecule has 156 valence electrons. The topological polar surface area (TPSA) is 47.7 Å². The lowest BCUT2D eigenvalue weighted by Gasteiger charge is -2.42. The van der Waals surface area contributed by atoms with Crippen molar-refractivity contribution < 1.29 is 9.47 Å². The molecule has 0 aromatic heterocycles. The van der Waals surface area contributed by atoms with Crippen molar-refractivity contribution in [3.63, 3.8) is 0 Å². The molecule has 4 nitrogen and oxygen atoms in total. The molecule has 1 heterocycles. The van der Waals surface area contributed by atoms with Crippen LogP contribution in [0.25, 0.3) is 0 Å². The molecule has 29 heavy (non-hydrogen) atoms. The fourth-order valence-electron chi connectivity index (χ4n) is 3.51. The number of nitrogens with two attached hydrogens (primary N) is 1. The van der Waals surface area contributed by atoms with E-state index in [4.69, 9.17) is 15.2 Å². The predicted octanol–water partition coefficient (Wildman–Crippen LogP) is 5.20. The van der Waals surface area contributed by atoms with Crippen LogP contribution in [0.5, 0.6) is 0 Å². The molecule has 1 saturated carbocycles. The Morgan fingerprint density at radius 3 is 2.21 bits per heavy atom. The van der Waals surface area contributed by atoms with Crippen molar-refractivity contribution in [2.24, 2.45) is 5.73 Å². The second-order valence-electron chi connectivity index (χ2n) is 7.83. The molecular weight excluding hydrogens is 360 g/mol. The minimum Gasteiger partial charge on any atom is -0.401 e. The zero-order valence-electron chi connectivity index (χ0n) is 17.5. The van der Waals surface area contributed by atoms with Gasteiger partial charge >= 0.3 is 0 Å². The van der Waals surface area contributed by atoms with E-state index in [0.717, 1.165) is 17.7 Å². The van der Waals surface area contributed by atoms with Gasteiger partial charge in [-0.3, -0.25) is 4.90 Å². The van der Waals surface area contributed by atoms with Crippen LogP contribution in [-0.2, 0) is 9.47 Å². The van der Waals surface area contributed by atoms with E-state index in [1.807, 2.05) is 36.4 Å². The average molecular weight is 395 g/mol. The Bertz CT molecular complexity index is 727. The van der Waals surface area contributed by atoms with Gasteiger partial charge in [0.05, 0.1) is 18.8 Å². The molecule has 0 bridgehead atoms. The minimum atomic E-state index is -0.356. The molecule has 0 amide bonds. The maximum absolute atomic E-state index is 6.32. The van der Waals surface area contributed by atoms with Crippen LogP contribution in [-0.4, -0.2) is 30.9 Å². The van der Waals surface area contributed by atoms with Gasteiger partial charge in [-0.1, -0.05) is 92.9 Å². The van der Waals surface area contributed by atoms with E-state index in [2.05, 4.69) is 42.7 Å². The third-order valence-corrected chi connectivity index (χ3v) is 5.47. The van der Waals surface area contributed by atoms with E-state index in [9.17, 15) is 0 Å². The van der Waals surface area contributed by atoms with Crippen molar-refractivity contribution in [1.29, 1.82) is 0 Å². The third-order valence-electron chi connectivity index (χ3n) is 5.47. The standard InChI is InChI=1S/C21H26N2O2.C4H8/c1-16(22)15-23-13-14-24-21(20(23)19-11-7-4-8-12-19)25-17(2)18-9-5-3-6-10-18;1-2-4-3-1/h3-12,17,20-21H,1,13-15,22H2,2H3;1-4H2. The normalized spacial score (nSPS) is 22.7. The summed E-state index contributed by atoms with van der Waals surface area (Å²) in [4.78, 5) is 2.28. The fourth-order valence-corrected chi connectivity index (χ4v) is 3.51. The van der Waals surface area contributed by atoms with Gasteiger partial charge in [0.15, 0.2) is 6.29 Å². The van der Waals surface area contributed by atoms with Gasteiger partial charge in [0.25, 0.3) is 0 Å². The number of ether oxygens (including phenoxy) is 2. The summed E-state index contributed by atoms with van der Waals surface area (Å²) in [6, 6.07) is 20.5. The molecule has 3 atom stereocenters. The first-order valence-corrected chi connectivity index (χ1v) is 10.7. The summed E-state index contributed by atoms with van der Waals surface area (Å²) in [6.07, 6.45) is 5.59. The number of morpholine rings is 1. The molecule has 4 heteroatoms. The maximum atomic E-state index is 6.32. The van der Waals surface area contributed by atoms with E-state index in [-0.39, 0.29) is 18.4 Å². The molecule has 2 fully saturated rings. The second-order valence-corrected chi connectivity index (χ2v) is 7.83. The van der Waals surface area contributed by atoms with Crippen LogP contribution in [0.2, 0.25) is 0 Å². The largest absolute Gasteiger partial charge is 0.401 e. The molecule has 1 aliphatic heterocycles. The van der Waals surface area contributed by atoms with E-state index in [0.29, 0.717) is 18.8 Å². The Morgan fingerprint density at radius 1 is 1.07 bits per heavy atom. The van der Waals surface area contributed by atoms with Crippen molar-refractivity contribution in [3.8, 4) is 0 Å². The number of rotatable bonds is 6. The SMILES string of the molecule is C1CCC1.C=C(N)CN1CCOC(OC(C)c2ccccc2)C1c1ccccc1. The van der Waals surface area contributed by atoms with Gasteiger partial charge < -0.3 is 15.2 Å². The predicted molar refractivity (Wildman–Crippen MR) is 118 cm³/mol. The van der Waals surface area contributed by atoms with Gasteiger partial charge in [0.1, 0.15) is 0 Å². The van der Waals surface area contributed by atoms with Gasteiger partial charge in [0, 0.05) is 18.8 Å². The summed E-state index contributed by atoms with van der Waals surface area (Å²) < 4.78 is 12.3. The molecule has 2 aliphatic rings. The average Bonchev–Trinajstić information content (AvgIpc) is 2.68. The highest BCUT2D eigenvalue weighted by molar-refractivity contribution is 5.21. The smallest absolute Gasteiger partial charge is 0.177 e. The lowest BCUT2D eigenvalue weighted by Crippen LogP contribution is -2.47. The molecule has 2 aromatic carbocycles. The van der Waals surface area contributed by atoms with Crippen LogP contribution in [0.1, 0.15) is 55.9 Å². The minimum absolute atomic E-state index is 0.0126. The van der Waals surface area contributed by atoms with Gasteiger partial charge in [-0.05, 0) is 18.1 Å². The Kier molecular flexibility index (Phi) is 8.29. The van der Waals surface area contributed by atoms with Crippen LogP contribution in [0, 0.1) is 0 Å². The summed E-state index contributed by atoms with van der Waals surface area (Å²) in [7, 11) is 0. The zero-order valence-corrected chi connectivity index (χ0v) is 17.5. The Balaban J connectivity index is 0.000000536. The van der Waals surface area contributed by atoms with Gasteiger partial charge in [0.2, 0.25) is 0 Å². The molecule has 1 aliphatic carbocycles. The van der Waals surface area contributed by atoms with Crippen LogP contribution < -0.4 is 5.73 Å². The van der Waals surface area contributed by atoms with Crippen molar-refractivity contribution in [3.05, 3.63) is 84.1 Å². The highest BCUT2D eigenvalue weighted by atomic mass is 16.7. The van der Waals surface area contributed by atoms with Crippen LogP contribution in [0.4, 0.5) is 0 Å². The fraction of sp³-hybridized carbons (Fsp3) is 0.440. The Hall–Kier alpha value is -2.14. The number of benzene rings is 2. The van der Waals surface area contributed by atoms with Crippen molar-refractivity contribution in [2.75, 3.05) is 19.7 Å². The molecular formula is C25H34N2O2. The third kappa shape index (κ3) is 6.43. The lowest BCUT2D eigenvalue weighted by molar-refractivity contribution is -0.228. The molecule has 2 aromatic rings. The summed E-state index contributed by atoms with van der Waals surface area (Å²) in [5.41, 5.74) is 8.83. The number of hydrogen-bond acceptors (Lipinski definition) is 4. The maximum Gasteiger partial charge on any atom is 0.177 e. The zero-order chi connectivity index (χ0) is 20.5. The summed E-state index contributed by atoms with van der Waals surface area (Å²) in [6.45, 7) is 7.96. The van der Waals surface area contributed by atoms with Gasteiger partial charge in [-0.25, -0.2) is 0 Å². The monoisotopic (exact) mass is 394 g/mol. The van der Waals surface area contributed by atoms with Crippen molar-refractivity contribution in [2.45, 2.75) is 51.0 Å². The number of nitrogens with zero attached hydrogens (tertiary/aromatic N) is 1. The van der Waals surface area contributed by atoms with Gasteiger partial charge in [-0.15, -0.1) is 0 Å². The van der Waals surface area contributed by atoms with Crippen molar-refractivity contribution in [1.82, 2.24) is 4.90 Å². The van der Waals surface area contributed by atoms with Crippen molar-refractivity contribution >= 4 is 0 Å². The first-order chi connectivity index (χ1) is 14.1. The Morgan fingerprint density at radius 2 is 1.66 bits per heavy atom. The first kappa shape index (κ1) is 21.6. The van der Waals surface area contributed by atoms with Crippen LogP contribution in [0.15, 0.2) is 72.9 Å². The van der Waals surface area contributed by atoms with E-state index in [1.165, 1.54) is 25.7 Å². The number of hydrogen-bond donors (Lipinski definition) is 1. The van der Waals surface area contributed by atoms with Crippen LogP contribution >= 0.6 is 0 Å². The summed E-state index contributed by atoms with van der Waals surface area (Å²) in [5, 5.41) is 0. The Labute approximate surface area is 175 Å². The molecule has 0 radical (unpaired) electrons. The second kappa shape index (κ2) is 11.1. The highest BCUT2D eigenvalue weighted by Crippen LogP contribution is 2.33. The molecule has 4 rings (SSSR count). The van der Waals surface area contributed by atoms with E-state index >= 15 is 0 Å². The van der Waals surface area contributed by atoms with E-state index in [1.54, 1.807) is 0 Å². The van der Waals surface area contributed by atoms with Gasteiger partial charge in [-0.2, -0.15) is 0 Å². The van der Waals surface area contributed by atoms with E-state index < -0.39 is 0 Å². The van der Waals surface area contributed by atoms with Crippen LogP contribution in [0.3, 0.4) is 0 Å².